The number of carbonyl (C=O) groups excluding carboxylic acids is 1. The van der Waals surface area contributed by atoms with Crippen LogP contribution < -0.4 is 11.1 Å². The van der Waals surface area contributed by atoms with Gasteiger partial charge in [0.05, 0.1) is 11.4 Å². The molecule has 0 spiro atoms. The molecule has 0 bridgehead atoms. The van der Waals surface area contributed by atoms with Crippen molar-refractivity contribution in [2.24, 2.45) is 0 Å². The van der Waals surface area contributed by atoms with E-state index in [2.05, 4.69) is 19.2 Å². The number of nitrogens with one attached hydrogen (secondary N) is 1. The van der Waals surface area contributed by atoms with Crippen LogP contribution in [0.4, 0.5) is 11.4 Å². The third-order valence-electron chi connectivity index (χ3n) is 2.05. The van der Waals surface area contributed by atoms with E-state index in [1.165, 1.54) is 12.5 Å². The Balaban J connectivity index is 2.95. The zero-order valence-electron chi connectivity index (χ0n) is 8.79. The van der Waals surface area contributed by atoms with Gasteiger partial charge in [-0.05, 0) is 23.6 Å². The summed E-state index contributed by atoms with van der Waals surface area (Å²) in [6.07, 6.45) is 0. The Morgan fingerprint density at radius 2 is 2.07 bits per heavy atom. The standard InChI is InChI=1S/C11H16N2O/c1-7(2)9-4-5-11(10(12)6-9)13-8(3)14/h4-7H,12H2,1-3H3,(H,13,14). The van der Waals surface area contributed by atoms with Crippen molar-refractivity contribution in [3.05, 3.63) is 23.8 Å². The van der Waals surface area contributed by atoms with Gasteiger partial charge in [-0.15, -0.1) is 0 Å². The van der Waals surface area contributed by atoms with Crippen LogP contribution in [0.1, 0.15) is 32.3 Å². The van der Waals surface area contributed by atoms with E-state index >= 15 is 0 Å². The van der Waals surface area contributed by atoms with Crippen LogP contribution in [-0.2, 0) is 4.79 Å². The molecule has 0 atom stereocenters. The van der Waals surface area contributed by atoms with Crippen LogP contribution in [-0.4, -0.2) is 5.91 Å². The van der Waals surface area contributed by atoms with Crippen LogP contribution in [0.2, 0.25) is 0 Å². The molecule has 0 aliphatic heterocycles. The molecule has 0 aliphatic carbocycles. The molecular weight excluding hydrogens is 176 g/mol. The molecule has 3 nitrogen and oxygen atoms in total. The first kappa shape index (κ1) is 10.6. The molecule has 0 heterocycles. The molecule has 1 aromatic rings. The number of hydrogen-bond acceptors (Lipinski definition) is 2. The summed E-state index contributed by atoms with van der Waals surface area (Å²) in [5.41, 5.74) is 8.27. The predicted molar refractivity (Wildman–Crippen MR) is 59.2 cm³/mol. The quantitative estimate of drug-likeness (QED) is 0.707. The van der Waals surface area contributed by atoms with Crippen molar-refractivity contribution in [3.8, 4) is 0 Å². The van der Waals surface area contributed by atoms with Gasteiger partial charge in [0.1, 0.15) is 0 Å². The molecule has 0 saturated carbocycles. The van der Waals surface area contributed by atoms with Gasteiger partial charge in [0.15, 0.2) is 0 Å². The van der Waals surface area contributed by atoms with Gasteiger partial charge >= 0.3 is 0 Å². The first-order chi connectivity index (χ1) is 6.50. The Hall–Kier alpha value is -1.51. The summed E-state index contributed by atoms with van der Waals surface area (Å²) >= 11 is 0. The van der Waals surface area contributed by atoms with E-state index in [0.717, 1.165) is 0 Å². The smallest absolute Gasteiger partial charge is 0.221 e. The Morgan fingerprint density at radius 1 is 1.43 bits per heavy atom. The van der Waals surface area contributed by atoms with Crippen molar-refractivity contribution in [2.75, 3.05) is 11.1 Å². The topological polar surface area (TPSA) is 55.1 Å². The molecule has 0 aromatic heterocycles. The molecule has 1 amide bonds. The molecule has 1 aromatic carbocycles. The minimum atomic E-state index is -0.103. The number of carbonyl (C=O) groups is 1. The summed E-state index contributed by atoms with van der Waals surface area (Å²) in [5.74, 6) is 0.345. The lowest BCUT2D eigenvalue weighted by Gasteiger charge is -2.10. The molecule has 14 heavy (non-hydrogen) atoms. The number of hydrogen-bond donors (Lipinski definition) is 2. The molecular formula is C11H16N2O. The minimum absolute atomic E-state index is 0.103. The Kier molecular flexibility index (Phi) is 3.12. The van der Waals surface area contributed by atoms with E-state index in [1.807, 2.05) is 18.2 Å². The Morgan fingerprint density at radius 3 is 2.50 bits per heavy atom. The highest BCUT2D eigenvalue weighted by molar-refractivity contribution is 5.92. The molecule has 76 valence electrons. The Bertz CT molecular complexity index is 345. The fourth-order valence-electron chi connectivity index (χ4n) is 1.24. The van der Waals surface area contributed by atoms with Gasteiger partial charge in [-0.1, -0.05) is 19.9 Å². The van der Waals surface area contributed by atoms with Gasteiger partial charge < -0.3 is 11.1 Å². The molecule has 0 aliphatic rings. The lowest BCUT2D eigenvalue weighted by molar-refractivity contribution is -0.114. The fourth-order valence-corrected chi connectivity index (χ4v) is 1.24. The lowest BCUT2D eigenvalue weighted by atomic mass is 10.0. The summed E-state index contributed by atoms with van der Waals surface area (Å²) in [6.45, 7) is 5.68. The van der Waals surface area contributed by atoms with Crippen LogP contribution >= 0.6 is 0 Å². The number of anilines is 2. The lowest BCUT2D eigenvalue weighted by Crippen LogP contribution is -2.08. The van der Waals surface area contributed by atoms with Crippen LogP contribution in [0.25, 0.3) is 0 Å². The van der Waals surface area contributed by atoms with Crippen molar-refractivity contribution in [1.82, 2.24) is 0 Å². The van der Waals surface area contributed by atoms with Gasteiger partial charge in [0.25, 0.3) is 0 Å². The largest absolute Gasteiger partial charge is 0.397 e. The average Bonchev–Trinajstić information content (AvgIpc) is 2.07. The van der Waals surface area contributed by atoms with Gasteiger partial charge in [-0.25, -0.2) is 0 Å². The maximum absolute atomic E-state index is 10.8. The number of rotatable bonds is 2. The Labute approximate surface area is 84.3 Å². The van der Waals surface area contributed by atoms with E-state index in [0.29, 0.717) is 17.3 Å². The number of nitrogens with two attached hydrogens (primary N) is 1. The highest BCUT2D eigenvalue weighted by Crippen LogP contribution is 2.24. The van der Waals surface area contributed by atoms with E-state index in [-0.39, 0.29) is 5.91 Å². The molecule has 0 unspecified atom stereocenters. The highest BCUT2D eigenvalue weighted by atomic mass is 16.1. The van der Waals surface area contributed by atoms with Gasteiger partial charge in [0, 0.05) is 6.92 Å². The monoisotopic (exact) mass is 192 g/mol. The normalized spacial score (nSPS) is 10.3. The first-order valence-electron chi connectivity index (χ1n) is 4.67. The average molecular weight is 192 g/mol. The second-order valence-corrected chi connectivity index (χ2v) is 3.68. The summed E-state index contributed by atoms with van der Waals surface area (Å²) < 4.78 is 0. The summed E-state index contributed by atoms with van der Waals surface area (Å²) in [5, 5.41) is 2.68. The van der Waals surface area contributed by atoms with Crippen LogP contribution in [0.3, 0.4) is 0 Å². The van der Waals surface area contributed by atoms with E-state index in [9.17, 15) is 4.79 Å². The van der Waals surface area contributed by atoms with Crippen LogP contribution in [0, 0.1) is 0 Å². The van der Waals surface area contributed by atoms with Crippen molar-refractivity contribution < 1.29 is 4.79 Å². The predicted octanol–water partition coefficient (Wildman–Crippen LogP) is 2.35. The van der Waals surface area contributed by atoms with Crippen molar-refractivity contribution in [3.63, 3.8) is 0 Å². The minimum Gasteiger partial charge on any atom is -0.397 e. The first-order valence-corrected chi connectivity index (χ1v) is 4.67. The van der Waals surface area contributed by atoms with Crippen LogP contribution in [0.15, 0.2) is 18.2 Å². The van der Waals surface area contributed by atoms with Crippen molar-refractivity contribution >= 4 is 17.3 Å². The second kappa shape index (κ2) is 4.13. The number of amides is 1. The molecule has 3 N–H and O–H groups in total. The maximum atomic E-state index is 10.8. The molecule has 0 saturated heterocycles. The molecule has 3 heteroatoms. The zero-order chi connectivity index (χ0) is 10.7. The van der Waals surface area contributed by atoms with Gasteiger partial charge in [0.2, 0.25) is 5.91 Å². The van der Waals surface area contributed by atoms with Crippen molar-refractivity contribution in [1.29, 1.82) is 0 Å². The van der Waals surface area contributed by atoms with E-state index in [1.54, 1.807) is 0 Å². The third-order valence-corrected chi connectivity index (χ3v) is 2.05. The van der Waals surface area contributed by atoms with E-state index < -0.39 is 0 Å². The molecule has 0 radical (unpaired) electrons. The summed E-state index contributed by atoms with van der Waals surface area (Å²) in [6, 6.07) is 5.72. The van der Waals surface area contributed by atoms with Crippen LogP contribution in [0.5, 0.6) is 0 Å². The maximum Gasteiger partial charge on any atom is 0.221 e. The third kappa shape index (κ3) is 2.49. The van der Waals surface area contributed by atoms with Gasteiger partial charge in [-0.3, -0.25) is 4.79 Å². The molecule has 1 rings (SSSR count). The fraction of sp³-hybridized carbons (Fsp3) is 0.364. The summed E-state index contributed by atoms with van der Waals surface area (Å²) in [4.78, 5) is 10.8. The molecule has 0 fully saturated rings. The summed E-state index contributed by atoms with van der Waals surface area (Å²) in [7, 11) is 0. The number of nitrogen functional groups attached to an aromatic ring is 1. The highest BCUT2D eigenvalue weighted by Gasteiger charge is 2.04. The number of benzene rings is 1. The SMILES string of the molecule is CC(=O)Nc1ccc(C(C)C)cc1N. The zero-order valence-corrected chi connectivity index (χ0v) is 8.79. The van der Waals surface area contributed by atoms with Gasteiger partial charge in [-0.2, -0.15) is 0 Å². The second-order valence-electron chi connectivity index (χ2n) is 3.68. The van der Waals surface area contributed by atoms with Crippen molar-refractivity contribution in [2.45, 2.75) is 26.7 Å². The van der Waals surface area contributed by atoms with E-state index in [4.69, 9.17) is 5.73 Å².